The second-order valence-electron chi connectivity index (χ2n) is 3.12. The fraction of sp³-hybridized carbons (Fsp3) is 0.182. The smallest absolute Gasteiger partial charge is 0.147 e. The van der Waals surface area contributed by atoms with Crippen molar-refractivity contribution >= 4 is 11.6 Å². The fourth-order valence-electron chi connectivity index (χ4n) is 1.34. The van der Waals surface area contributed by atoms with E-state index in [-0.39, 0.29) is 0 Å². The third-order valence-electron chi connectivity index (χ3n) is 2.19. The molecule has 0 amide bonds. The number of hydrogen-bond acceptors (Lipinski definition) is 1. The lowest BCUT2D eigenvalue weighted by molar-refractivity contribution is 1.05. The summed E-state index contributed by atoms with van der Waals surface area (Å²) in [5.41, 5.74) is 2.42. The molecule has 2 rings (SSSR count). The maximum Gasteiger partial charge on any atom is 0.147 e. The van der Waals surface area contributed by atoms with Crippen LogP contribution in [-0.2, 0) is 6.42 Å². The number of aromatic nitrogens is 2. The normalized spacial score (nSPS) is 10.4. The minimum atomic E-state index is 0.518. The summed E-state index contributed by atoms with van der Waals surface area (Å²) in [4.78, 5) is 3.96. The summed E-state index contributed by atoms with van der Waals surface area (Å²) in [6.07, 6.45) is 4.57. The van der Waals surface area contributed by atoms with Crippen molar-refractivity contribution < 1.29 is 0 Å². The monoisotopic (exact) mass is 206 g/mol. The van der Waals surface area contributed by atoms with Crippen LogP contribution >= 0.6 is 11.6 Å². The van der Waals surface area contributed by atoms with E-state index in [0.29, 0.717) is 5.15 Å². The Morgan fingerprint density at radius 3 is 2.50 bits per heavy atom. The van der Waals surface area contributed by atoms with E-state index >= 15 is 0 Å². The molecule has 0 aliphatic carbocycles. The highest BCUT2D eigenvalue weighted by atomic mass is 35.5. The first-order valence-electron chi connectivity index (χ1n) is 4.58. The molecular formula is C11H11ClN2. The Bertz CT molecular complexity index is 417. The molecule has 0 radical (unpaired) electrons. The number of imidazole rings is 1. The van der Waals surface area contributed by atoms with Gasteiger partial charge in [-0.15, -0.1) is 0 Å². The quantitative estimate of drug-likeness (QED) is 0.739. The molecule has 72 valence electrons. The molecule has 0 saturated heterocycles. The van der Waals surface area contributed by atoms with Crippen molar-refractivity contribution in [1.29, 1.82) is 0 Å². The van der Waals surface area contributed by atoms with E-state index in [1.54, 1.807) is 12.5 Å². The first-order chi connectivity index (χ1) is 6.79. The van der Waals surface area contributed by atoms with Crippen LogP contribution in [0.5, 0.6) is 0 Å². The number of aryl methyl sites for hydroxylation is 1. The molecule has 1 aromatic heterocycles. The van der Waals surface area contributed by atoms with E-state index in [2.05, 4.69) is 36.2 Å². The molecule has 1 heterocycles. The molecule has 0 fully saturated rings. The Hall–Kier alpha value is -1.28. The van der Waals surface area contributed by atoms with E-state index in [1.807, 2.05) is 4.57 Å². The van der Waals surface area contributed by atoms with Gasteiger partial charge in [0, 0.05) is 11.9 Å². The van der Waals surface area contributed by atoms with Crippen molar-refractivity contribution in [3.05, 3.63) is 47.5 Å². The number of nitrogens with zero attached hydrogens (tertiary/aromatic N) is 2. The predicted octanol–water partition coefficient (Wildman–Crippen LogP) is 3.09. The van der Waals surface area contributed by atoms with E-state index < -0.39 is 0 Å². The molecule has 0 spiro atoms. The van der Waals surface area contributed by atoms with Gasteiger partial charge in [-0.05, 0) is 24.1 Å². The summed E-state index contributed by atoms with van der Waals surface area (Å²) >= 11 is 5.74. The molecule has 0 aliphatic rings. The predicted molar refractivity (Wildman–Crippen MR) is 58.0 cm³/mol. The van der Waals surface area contributed by atoms with Crippen molar-refractivity contribution in [3.8, 4) is 5.69 Å². The maximum absolute atomic E-state index is 5.74. The Labute approximate surface area is 88.2 Å². The van der Waals surface area contributed by atoms with Gasteiger partial charge < -0.3 is 4.57 Å². The molecule has 0 unspecified atom stereocenters. The van der Waals surface area contributed by atoms with Gasteiger partial charge >= 0.3 is 0 Å². The summed E-state index contributed by atoms with van der Waals surface area (Å²) in [5.74, 6) is 0. The number of halogens is 1. The lowest BCUT2D eigenvalue weighted by Gasteiger charge is -2.02. The highest BCUT2D eigenvalue weighted by molar-refractivity contribution is 6.29. The molecule has 2 aromatic rings. The number of benzene rings is 1. The van der Waals surface area contributed by atoms with E-state index in [9.17, 15) is 0 Å². The Morgan fingerprint density at radius 1 is 1.29 bits per heavy atom. The average Bonchev–Trinajstić information content (AvgIpc) is 2.65. The molecule has 0 atom stereocenters. The lowest BCUT2D eigenvalue weighted by atomic mass is 10.1. The summed E-state index contributed by atoms with van der Waals surface area (Å²) in [6.45, 7) is 2.14. The zero-order valence-corrected chi connectivity index (χ0v) is 8.70. The standard InChI is InChI=1S/C11H11ClN2/c1-2-9-3-5-10(6-4-9)14-7-11(12)13-8-14/h3-8H,2H2,1H3. The largest absolute Gasteiger partial charge is 0.305 e. The van der Waals surface area contributed by atoms with Gasteiger partial charge in [0.25, 0.3) is 0 Å². The molecule has 0 saturated carbocycles. The summed E-state index contributed by atoms with van der Waals surface area (Å²) < 4.78 is 1.90. The molecule has 3 heteroatoms. The van der Waals surface area contributed by atoms with Crippen molar-refractivity contribution in [2.75, 3.05) is 0 Å². The Kier molecular flexibility index (Phi) is 2.55. The summed E-state index contributed by atoms with van der Waals surface area (Å²) in [5, 5.41) is 0.518. The molecule has 0 N–H and O–H groups in total. The Balaban J connectivity index is 2.33. The van der Waals surface area contributed by atoms with Crippen molar-refractivity contribution in [2.24, 2.45) is 0 Å². The van der Waals surface area contributed by atoms with Crippen LogP contribution in [-0.4, -0.2) is 9.55 Å². The van der Waals surface area contributed by atoms with Crippen LogP contribution in [0.4, 0.5) is 0 Å². The van der Waals surface area contributed by atoms with E-state index in [4.69, 9.17) is 11.6 Å². The van der Waals surface area contributed by atoms with Crippen LogP contribution < -0.4 is 0 Å². The van der Waals surface area contributed by atoms with Crippen LogP contribution in [0.1, 0.15) is 12.5 Å². The van der Waals surface area contributed by atoms with Crippen molar-refractivity contribution in [3.63, 3.8) is 0 Å². The molecular weight excluding hydrogens is 196 g/mol. The molecule has 0 aliphatic heterocycles. The number of hydrogen-bond donors (Lipinski definition) is 0. The van der Waals surface area contributed by atoms with Crippen LogP contribution in [0.15, 0.2) is 36.8 Å². The zero-order chi connectivity index (χ0) is 9.97. The van der Waals surface area contributed by atoms with Crippen LogP contribution in [0.25, 0.3) is 5.69 Å². The Morgan fingerprint density at radius 2 is 2.00 bits per heavy atom. The van der Waals surface area contributed by atoms with Gasteiger partial charge in [-0.2, -0.15) is 0 Å². The van der Waals surface area contributed by atoms with Crippen LogP contribution in [0.3, 0.4) is 0 Å². The highest BCUT2D eigenvalue weighted by Crippen LogP contribution is 2.12. The van der Waals surface area contributed by atoms with Crippen LogP contribution in [0.2, 0.25) is 5.15 Å². The average molecular weight is 207 g/mol. The topological polar surface area (TPSA) is 17.8 Å². The maximum atomic E-state index is 5.74. The highest BCUT2D eigenvalue weighted by Gasteiger charge is 1.97. The summed E-state index contributed by atoms with van der Waals surface area (Å²) in [7, 11) is 0. The van der Waals surface area contributed by atoms with Gasteiger partial charge in [0.05, 0.1) is 0 Å². The molecule has 0 bridgehead atoms. The van der Waals surface area contributed by atoms with Crippen molar-refractivity contribution in [2.45, 2.75) is 13.3 Å². The first-order valence-corrected chi connectivity index (χ1v) is 4.96. The lowest BCUT2D eigenvalue weighted by Crippen LogP contribution is -1.89. The first kappa shape index (κ1) is 9.28. The third-order valence-corrected chi connectivity index (χ3v) is 2.39. The molecule has 14 heavy (non-hydrogen) atoms. The van der Waals surface area contributed by atoms with Crippen molar-refractivity contribution in [1.82, 2.24) is 9.55 Å². The SMILES string of the molecule is CCc1ccc(-n2cnc(Cl)c2)cc1. The van der Waals surface area contributed by atoms with Gasteiger partial charge in [0.1, 0.15) is 11.5 Å². The molecule has 2 nitrogen and oxygen atoms in total. The fourth-order valence-corrected chi connectivity index (χ4v) is 1.49. The zero-order valence-electron chi connectivity index (χ0n) is 7.94. The summed E-state index contributed by atoms with van der Waals surface area (Å²) in [6, 6.07) is 8.36. The second-order valence-corrected chi connectivity index (χ2v) is 3.51. The van der Waals surface area contributed by atoms with Gasteiger partial charge in [-0.3, -0.25) is 0 Å². The second kappa shape index (κ2) is 3.84. The van der Waals surface area contributed by atoms with Gasteiger partial charge in [-0.25, -0.2) is 4.98 Å². The third kappa shape index (κ3) is 1.80. The minimum absolute atomic E-state index is 0.518. The minimum Gasteiger partial charge on any atom is -0.305 e. The van der Waals surface area contributed by atoms with Gasteiger partial charge in [-0.1, -0.05) is 30.7 Å². The van der Waals surface area contributed by atoms with E-state index in [0.717, 1.165) is 12.1 Å². The van der Waals surface area contributed by atoms with Crippen LogP contribution in [0, 0.1) is 0 Å². The van der Waals surface area contributed by atoms with E-state index in [1.165, 1.54) is 5.56 Å². The van der Waals surface area contributed by atoms with Gasteiger partial charge in [0.2, 0.25) is 0 Å². The molecule has 1 aromatic carbocycles. The van der Waals surface area contributed by atoms with Gasteiger partial charge in [0.15, 0.2) is 0 Å². The number of rotatable bonds is 2.